The van der Waals surface area contributed by atoms with Crippen LogP contribution in [0.1, 0.15) is 38.2 Å². The summed E-state index contributed by atoms with van der Waals surface area (Å²) >= 11 is 0. The van der Waals surface area contributed by atoms with Gasteiger partial charge in [-0.05, 0) is 57.5 Å². The van der Waals surface area contributed by atoms with Crippen molar-refractivity contribution in [2.45, 2.75) is 44.7 Å². The summed E-state index contributed by atoms with van der Waals surface area (Å²) in [7, 11) is 2.21. The number of hydrogen-bond donors (Lipinski definition) is 1. The number of nitrogens with zero attached hydrogens (tertiary/aromatic N) is 4. The zero-order chi connectivity index (χ0) is 16.2. The highest BCUT2D eigenvalue weighted by Crippen LogP contribution is 2.27. The minimum absolute atomic E-state index is 0.445. The van der Waals surface area contributed by atoms with Crippen LogP contribution in [0.15, 0.2) is 24.5 Å². The normalized spacial score (nSPS) is 21.3. The third-order valence-corrected chi connectivity index (χ3v) is 4.92. The van der Waals surface area contributed by atoms with Crippen LogP contribution in [0.4, 0.5) is 5.82 Å². The highest BCUT2D eigenvalue weighted by atomic mass is 15.1. The number of fused-ring (bicyclic) bond motifs is 1. The van der Waals surface area contributed by atoms with Crippen molar-refractivity contribution >= 4 is 16.7 Å². The first kappa shape index (κ1) is 15.7. The molecule has 1 aromatic heterocycles. The topological polar surface area (TPSA) is 64.8 Å². The van der Waals surface area contributed by atoms with Crippen molar-refractivity contribution in [2.24, 2.45) is 0 Å². The molecule has 1 aliphatic carbocycles. The summed E-state index contributed by atoms with van der Waals surface area (Å²) < 4.78 is 0. The van der Waals surface area contributed by atoms with Crippen LogP contribution in [0.5, 0.6) is 0 Å². The van der Waals surface area contributed by atoms with Gasteiger partial charge in [-0.15, -0.1) is 0 Å². The molecule has 5 nitrogen and oxygen atoms in total. The van der Waals surface area contributed by atoms with Gasteiger partial charge in [-0.25, -0.2) is 9.97 Å². The molecule has 1 aromatic carbocycles. The predicted molar refractivity (Wildman–Crippen MR) is 92.2 cm³/mol. The third-order valence-electron chi connectivity index (χ3n) is 4.92. The van der Waals surface area contributed by atoms with Crippen LogP contribution < -0.4 is 5.32 Å². The van der Waals surface area contributed by atoms with Gasteiger partial charge in [-0.3, -0.25) is 0 Å². The number of rotatable bonds is 4. The molecule has 0 unspecified atom stereocenters. The number of hydrogen-bond acceptors (Lipinski definition) is 5. The third kappa shape index (κ3) is 3.43. The van der Waals surface area contributed by atoms with Gasteiger partial charge in [-0.1, -0.05) is 6.92 Å². The van der Waals surface area contributed by atoms with Crippen LogP contribution in [0.2, 0.25) is 0 Å². The number of aromatic nitrogens is 2. The first-order chi connectivity index (χ1) is 11.2. The maximum Gasteiger partial charge on any atom is 0.137 e. The quantitative estimate of drug-likeness (QED) is 0.939. The molecule has 0 saturated heterocycles. The fourth-order valence-electron chi connectivity index (χ4n) is 3.35. The Labute approximate surface area is 137 Å². The van der Waals surface area contributed by atoms with E-state index in [0.717, 1.165) is 36.1 Å². The smallest absolute Gasteiger partial charge is 0.137 e. The second kappa shape index (κ2) is 6.93. The van der Waals surface area contributed by atoms with E-state index in [1.807, 2.05) is 12.1 Å². The Kier molecular flexibility index (Phi) is 4.73. The van der Waals surface area contributed by atoms with Crippen LogP contribution in [0, 0.1) is 11.3 Å². The first-order valence-electron chi connectivity index (χ1n) is 8.33. The maximum absolute atomic E-state index is 9.10. The molecule has 1 saturated carbocycles. The molecule has 0 amide bonds. The van der Waals surface area contributed by atoms with Crippen molar-refractivity contribution in [1.29, 1.82) is 5.26 Å². The van der Waals surface area contributed by atoms with Gasteiger partial charge < -0.3 is 10.2 Å². The Hall–Kier alpha value is -2.19. The molecule has 0 radical (unpaired) electrons. The zero-order valence-electron chi connectivity index (χ0n) is 13.8. The van der Waals surface area contributed by atoms with E-state index in [1.165, 1.54) is 12.8 Å². The molecule has 23 heavy (non-hydrogen) atoms. The van der Waals surface area contributed by atoms with E-state index in [9.17, 15) is 0 Å². The summed E-state index contributed by atoms with van der Waals surface area (Å²) in [6.07, 6.45) is 6.33. The minimum Gasteiger partial charge on any atom is -0.367 e. The second-order valence-electron chi connectivity index (χ2n) is 6.29. The lowest BCUT2D eigenvalue weighted by Gasteiger charge is -2.34. The first-order valence-corrected chi connectivity index (χ1v) is 8.33. The Morgan fingerprint density at radius 3 is 2.74 bits per heavy atom. The lowest BCUT2D eigenvalue weighted by molar-refractivity contribution is 0.194. The molecular formula is C18H23N5. The number of anilines is 1. The van der Waals surface area contributed by atoms with Gasteiger partial charge in [-0.2, -0.15) is 5.26 Å². The van der Waals surface area contributed by atoms with Gasteiger partial charge in [0.05, 0.1) is 17.1 Å². The maximum atomic E-state index is 9.10. The highest BCUT2D eigenvalue weighted by molar-refractivity contribution is 5.89. The molecule has 0 aliphatic heterocycles. The summed E-state index contributed by atoms with van der Waals surface area (Å²) in [5.41, 5.74) is 1.52. The van der Waals surface area contributed by atoms with Crippen molar-refractivity contribution in [3.8, 4) is 6.07 Å². The van der Waals surface area contributed by atoms with E-state index in [-0.39, 0.29) is 0 Å². The molecule has 3 rings (SSSR count). The molecule has 0 spiro atoms. The van der Waals surface area contributed by atoms with E-state index >= 15 is 0 Å². The molecule has 1 fully saturated rings. The monoisotopic (exact) mass is 309 g/mol. The van der Waals surface area contributed by atoms with Crippen LogP contribution in [0.3, 0.4) is 0 Å². The molecule has 0 bridgehead atoms. The summed E-state index contributed by atoms with van der Waals surface area (Å²) in [6, 6.07) is 8.88. The average Bonchev–Trinajstić information content (AvgIpc) is 2.61. The SMILES string of the molecule is CCN(C)C1CCC(Nc2ncnc3ccc(C#N)cc23)CC1. The van der Waals surface area contributed by atoms with Crippen LogP contribution in [-0.2, 0) is 0 Å². The van der Waals surface area contributed by atoms with Crippen molar-refractivity contribution in [3.05, 3.63) is 30.1 Å². The molecule has 1 heterocycles. The molecular weight excluding hydrogens is 286 g/mol. The molecule has 1 N–H and O–H groups in total. The van der Waals surface area contributed by atoms with Gasteiger partial charge in [0.2, 0.25) is 0 Å². The van der Waals surface area contributed by atoms with E-state index in [2.05, 4.69) is 40.2 Å². The summed E-state index contributed by atoms with van der Waals surface area (Å²) in [5.74, 6) is 0.847. The van der Waals surface area contributed by atoms with Gasteiger partial charge in [0, 0.05) is 17.5 Å². The Morgan fingerprint density at radius 2 is 2.04 bits per heavy atom. The fourth-order valence-corrected chi connectivity index (χ4v) is 3.35. The summed E-state index contributed by atoms with van der Waals surface area (Å²) in [4.78, 5) is 11.1. The van der Waals surface area contributed by atoms with Crippen LogP contribution in [0.25, 0.3) is 10.9 Å². The molecule has 1 aliphatic rings. The average molecular weight is 309 g/mol. The summed E-state index contributed by atoms with van der Waals surface area (Å²) in [6.45, 7) is 3.32. The molecule has 120 valence electrons. The van der Waals surface area contributed by atoms with Gasteiger partial charge in [0.15, 0.2) is 0 Å². The lowest BCUT2D eigenvalue weighted by atomic mass is 9.90. The van der Waals surface area contributed by atoms with Crippen molar-refractivity contribution < 1.29 is 0 Å². The van der Waals surface area contributed by atoms with Crippen molar-refractivity contribution in [2.75, 3.05) is 18.9 Å². The molecule has 0 atom stereocenters. The highest BCUT2D eigenvalue weighted by Gasteiger charge is 2.23. The minimum atomic E-state index is 0.445. The predicted octanol–water partition coefficient (Wildman–Crippen LogP) is 3.18. The van der Waals surface area contributed by atoms with E-state index in [0.29, 0.717) is 17.6 Å². The second-order valence-corrected chi connectivity index (χ2v) is 6.29. The molecule has 2 aromatic rings. The number of nitriles is 1. The van der Waals surface area contributed by atoms with Gasteiger partial charge in [0.1, 0.15) is 12.1 Å². The van der Waals surface area contributed by atoms with Crippen molar-refractivity contribution in [1.82, 2.24) is 14.9 Å². The van der Waals surface area contributed by atoms with Crippen LogP contribution in [-0.4, -0.2) is 40.5 Å². The zero-order valence-corrected chi connectivity index (χ0v) is 13.8. The molecule has 5 heteroatoms. The lowest BCUT2D eigenvalue weighted by Crippen LogP contribution is -2.38. The summed E-state index contributed by atoms with van der Waals surface area (Å²) in [5, 5.41) is 13.6. The van der Waals surface area contributed by atoms with Crippen molar-refractivity contribution in [3.63, 3.8) is 0 Å². The Morgan fingerprint density at radius 1 is 1.26 bits per heavy atom. The van der Waals surface area contributed by atoms with Gasteiger partial charge >= 0.3 is 0 Å². The number of nitrogens with one attached hydrogen (secondary N) is 1. The Balaban J connectivity index is 1.74. The number of benzene rings is 1. The van der Waals surface area contributed by atoms with E-state index in [4.69, 9.17) is 5.26 Å². The van der Waals surface area contributed by atoms with Gasteiger partial charge in [0.25, 0.3) is 0 Å². The van der Waals surface area contributed by atoms with Crippen LogP contribution >= 0.6 is 0 Å². The van der Waals surface area contributed by atoms with E-state index < -0.39 is 0 Å². The van der Waals surface area contributed by atoms with E-state index in [1.54, 1.807) is 12.4 Å². The Bertz CT molecular complexity index is 713. The standard InChI is InChI=1S/C18H23N5/c1-3-23(2)15-7-5-14(6-8-15)22-18-16-10-13(11-19)4-9-17(16)20-12-21-18/h4,9-10,12,14-15H,3,5-8H2,1-2H3,(H,20,21,22). The largest absolute Gasteiger partial charge is 0.367 e. The fraction of sp³-hybridized carbons (Fsp3) is 0.500.